The highest BCUT2D eigenvalue weighted by atomic mass is 32.1. The van der Waals surface area contributed by atoms with Crippen molar-refractivity contribution >= 4 is 25.3 Å². The quantitative estimate of drug-likeness (QED) is 0.310. The van der Waals surface area contributed by atoms with E-state index in [0.717, 1.165) is 26.2 Å². The van der Waals surface area contributed by atoms with Crippen LogP contribution in [0.5, 0.6) is 0 Å². The number of hydrogen-bond acceptors (Lipinski definition) is 4. The number of rotatable bonds is 13. The molecule has 2 unspecified atom stereocenters. The van der Waals surface area contributed by atoms with E-state index in [2.05, 4.69) is 49.7 Å². The highest BCUT2D eigenvalue weighted by Crippen LogP contribution is 2.08. The van der Waals surface area contributed by atoms with E-state index in [0.29, 0.717) is 10.5 Å². The maximum atomic E-state index is 4.49. The summed E-state index contributed by atoms with van der Waals surface area (Å²) in [6.07, 6.45) is 7.27. The van der Waals surface area contributed by atoms with Gasteiger partial charge in [-0.15, -0.1) is 0 Å². The largest absolute Gasteiger partial charge is 0.315 e. The van der Waals surface area contributed by atoms with Gasteiger partial charge in [0.25, 0.3) is 0 Å². The first-order chi connectivity index (χ1) is 8.70. The van der Waals surface area contributed by atoms with E-state index in [1.807, 2.05) is 0 Å². The minimum absolute atomic E-state index is 0.581. The molecule has 0 aliphatic carbocycles. The first kappa shape index (κ1) is 18.6. The van der Waals surface area contributed by atoms with E-state index in [-0.39, 0.29) is 0 Å². The van der Waals surface area contributed by atoms with E-state index >= 15 is 0 Å². The van der Waals surface area contributed by atoms with Crippen LogP contribution < -0.4 is 10.6 Å². The molecule has 110 valence electrons. The van der Waals surface area contributed by atoms with E-state index in [1.165, 1.54) is 38.5 Å². The molecule has 4 heteroatoms. The van der Waals surface area contributed by atoms with E-state index in [1.54, 1.807) is 0 Å². The van der Waals surface area contributed by atoms with Crippen LogP contribution in [0.2, 0.25) is 0 Å². The summed E-state index contributed by atoms with van der Waals surface area (Å²) >= 11 is 8.98. The number of nitrogens with one attached hydrogen (secondary N) is 2. The molecule has 0 saturated heterocycles. The van der Waals surface area contributed by atoms with Crippen LogP contribution in [0.1, 0.15) is 52.4 Å². The molecule has 0 aromatic rings. The Bertz CT molecular complexity index is 150. The maximum Gasteiger partial charge on any atom is 0.00767 e. The zero-order valence-corrected chi connectivity index (χ0v) is 13.9. The van der Waals surface area contributed by atoms with Crippen LogP contribution in [0.15, 0.2) is 0 Å². The zero-order chi connectivity index (χ0) is 13.6. The topological polar surface area (TPSA) is 24.1 Å². The van der Waals surface area contributed by atoms with Crippen molar-refractivity contribution in [1.29, 1.82) is 0 Å². The maximum absolute atomic E-state index is 4.49. The smallest absolute Gasteiger partial charge is 0.00767 e. The summed E-state index contributed by atoms with van der Waals surface area (Å²) < 4.78 is 0. The summed E-state index contributed by atoms with van der Waals surface area (Å²) in [7, 11) is 0. The summed E-state index contributed by atoms with van der Waals surface area (Å²) in [6.45, 7) is 8.77. The van der Waals surface area contributed by atoms with Crippen molar-refractivity contribution in [2.75, 3.05) is 26.2 Å². The minimum Gasteiger partial charge on any atom is -0.315 e. The van der Waals surface area contributed by atoms with Crippen LogP contribution in [-0.2, 0) is 0 Å². The van der Waals surface area contributed by atoms with Gasteiger partial charge in [-0.2, -0.15) is 25.3 Å². The van der Waals surface area contributed by atoms with Crippen molar-refractivity contribution in [3.8, 4) is 0 Å². The number of thiol groups is 2. The van der Waals surface area contributed by atoms with Crippen molar-refractivity contribution < 1.29 is 0 Å². The lowest BCUT2D eigenvalue weighted by atomic mass is 10.2. The lowest BCUT2D eigenvalue weighted by Crippen LogP contribution is -2.29. The summed E-state index contributed by atoms with van der Waals surface area (Å²) in [4.78, 5) is 0. The Balaban J connectivity index is 3.03. The Morgan fingerprint density at radius 2 is 1.11 bits per heavy atom. The second kappa shape index (κ2) is 14.0. The molecule has 0 fully saturated rings. The highest BCUT2D eigenvalue weighted by molar-refractivity contribution is 7.81. The van der Waals surface area contributed by atoms with E-state index in [4.69, 9.17) is 0 Å². The van der Waals surface area contributed by atoms with Gasteiger partial charge in [-0.05, 0) is 51.6 Å². The third-order valence-corrected chi connectivity index (χ3v) is 4.45. The average molecular weight is 293 g/mol. The second-order valence-corrected chi connectivity index (χ2v) is 6.37. The molecule has 2 nitrogen and oxygen atoms in total. The monoisotopic (exact) mass is 292 g/mol. The fourth-order valence-corrected chi connectivity index (χ4v) is 2.13. The minimum atomic E-state index is 0.581. The molecule has 0 aromatic heterocycles. The van der Waals surface area contributed by atoms with Crippen molar-refractivity contribution in [3.05, 3.63) is 0 Å². The van der Waals surface area contributed by atoms with Crippen LogP contribution in [0.3, 0.4) is 0 Å². The molecule has 0 spiro atoms. The Hall–Kier alpha value is 0.620. The third kappa shape index (κ3) is 13.1. The van der Waals surface area contributed by atoms with Crippen LogP contribution >= 0.6 is 25.3 Å². The molecule has 0 amide bonds. The lowest BCUT2D eigenvalue weighted by Gasteiger charge is -2.10. The molecule has 0 rings (SSSR count). The van der Waals surface area contributed by atoms with E-state index < -0.39 is 0 Å². The lowest BCUT2D eigenvalue weighted by molar-refractivity contribution is 0.560. The summed E-state index contributed by atoms with van der Waals surface area (Å²) in [5.41, 5.74) is 0. The molecule has 0 bridgehead atoms. The van der Waals surface area contributed by atoms with Gasteiger partial charge in [0.05, 0.1) is 0 Å². The summed E-state index contributed by atoms with van der Waals surface area (Å²) in [6, 6.07) is 0. The summed E-state index contributed by atoms with van der Waals surface area (Å²) in [5, 5.41) is 8.09. The van der Waals surface area contributed by atoms with Crippen molar-refractivity contribution in [2.45, 2.75) is 62.9 Å². The normalized spacial score (nSPS) is 14.7. The molecule has 0 heterocycles. The fraction of sp³-hybridized carbons (Fsp3) is 1.00. The van der Waals surface area contributed by atoms with Crippen molar-refractivity contribution in [1.82, 2.24) is 10.6 Å². The van der Waals surface area contributed by atoms with Crippen molar-refractivity contribution in [2.24, 2.45) is 0 Å². The van der Waals surface area contributed by atoms with Gasteiger partial charge in [-0.3, -0.25) is 0 Å². The van der Waals surface area contributed by atoms with Gasteiger partial charge in [-0.1, -0.05) is 13.8 Å². The fourth-order valence-electron chi connectivity index (χ4n) is 1.76. The molecule has 0 aliphatic heterocycles. The molecule has 0 saturated carbocycles. The Morgan fingerprint density at radius 1 is 0.722 bits per heavy atom. The van der Waals surface area contributed by atoms with Crippen LogP contribution in [-0.4, -0.2) is 36.7 Å². The zero-order valence-electron chi connectivity index (χ0n) is 12.1. The van der Waals surface area contributed by atoms with Gasteiger partial charge in [-0.25, -0.2) is 0 Å². The average Bonchev–Trinajstić information content (AvgIpc) is 2.40. The van der Waals surface area contributed by atoms with Crippen molar-refractivity contribution in [3.63, 3.8) is 0 Å². The third-order valence-electron chi connectivity index (χ3n) is 3.20. The second-order valence-electron chi connectivity index (χ2n) is 4.91. The standard InChI is InChI=1S/C14H32N2S2/c1-3-13(17)7-5-9-15-11-12-16-10-6-8-14(18)4-2/h13-18H,3-12H2,1-2H3. The predicted octanol–water partition coefficient (Wildman–Crippen LogP) is 3.14. The SMILES string of the molecule is CCC(S)CCCNCCNCCCC(S)CC. The predicted molar refractivity (Wildman–Crippen MR) is 90.3 cm³/mol. The molecular formula is C14H32N2S2. The van der Waals surface area contributed by atoms with Gasteiger partial charge in [0.2, 0.25) is 0 Å². The molecule has 18 heavy (non-hydrogen) atoms. The van der Waals surface area contributed by atoms with Gasteiger partial charge in [0.15, 0.2) is 0 Å². The van der Waals surface area contributed by atoms with Gasteiger partial charge in [0.1, 0.15) is 0 Å². The molecule has 0 aliphatic rings. The number of hydrogen-bond donors (Lipinski definition) is 4. The van der Waals surface area contributed by atoms with Gasteiger partial charge in [0, 0.05) is 23.6 Å². The van der Waals surface area contributed by atoms with Crippen LogP contribution in [0.25, 0.3) is 0 Å². The Morgan fingerprint density at radius 3 is 1.44 bits per heavy atom. The molecule has 0 aromatic carbocycles. The van der Waals surface area contributed by atoms with Crippen LogP contribution in [0.4, 0.5) is 0 Å². The first-order valence-corrected chi connectivity index (χ1v) is 8.51. The Kier molecular flexibility index (Phi) is 14.5. The molecule has 2 N–H and O–H groups in total. The van der Waals surface area contributed by atoms with Gasteiger partial charge >= 0.3 is 0 Å². The summed E-state index contributed by atoms with van der Waals surface area (Å²) in [5.74, 6) is 0. The molecule has 0 radical (unpaired) electrons. The van der Waals surface area contributed by atoms with Gasteiger partial charge < -0.3 is 10.6 Å². The van der Waals surface area contributed by atoms with Crippen LogP contribution in [0, 0.1) is 0 Å². The highest BCUT2D eigenvalue weighted by Gasteiger charge is 1.99. The first-order valence-electron chi connectivity index (χ1n) is 7.48. The Labute approximate surface area is 125 Å². The van der Waals surface area contributed by atoms with E-state index in [9.17, 15) is 0 Å². The molecular weight excluding hydrogens is 260 g/mol. The molecule has 2 atom stereocenters.